The topological polar surface area (TPSA) is 83.6 Å². The zero-order valence-corrected chi connectivity index (χ0v) is 16.6. The molecule has 1 aliphatic heterocycles. The summed E-state index contributed by atoms with van der Waals surface area (Å²) in [6.07, 6.45) is 3.20. The monoisotopic (exact) mass is 410 g/mol. The number of aryl methyl sites for hydroxylation is 1. The van der Waals surface area contributed by atoms with Gasteiger partial charge in [0, 0.05) is 23.5 Å². The number of pyridine rings is 1. The van der Waals surface area contributed by atoms with Crippen LogP contribution in [0.25, 0.3) is 11.0 Å². The molecule has 0 saturated heterocycles. The Morgan fingerprint density at radius 2 is 1.84 bits per heavy atom. The second-order valence-corrected chi connectivity index (χ2v) is 7.39. The molecule has 1 aliphatic rings. The highest BCUT2D eigenvalue weighted by molar-refractivity contribution is 6.20. The molecule has 31 heavy (non-hydrogen) atoms. The van der Waals surface area contributed by atoms with Crippen molar-refractivity contribution >= 4 is 28.3 Å². The highest BCUT2D eigenvalue weighted by Gasteiger charge is 2.45. The summed E-state index contributed by atoms with van der Waals surface area (Å²) in [4.78, 5) is 32.3. The normalized spacial score (nSPS) is 16.4. The van der Waals surface area contributed by atoms with Crippen LogP contribution in [0.5, 0.6) is 0 Å². The van der Waals surface area contributed by atoms with E-state index >= 15 is 0 Å². The molecule has 6 nitrogen and oxygen atoms in total. The second kappa shape index (κ2) is 7.25. The fourth-order valence-electron chi connectivity index (χ4n) is 4.00. The lowest BCUT2D eigenvalue weighted by Gasteiger charge is -2.27. The van der Waals surface area contributed by atoms with E-state index in [4.69, 9.17) is 4.42 Å². The van der Waals surface area contributed by atoms with Crippen molar-refractivity contribution < 1.29 is 19.1 Å². The van der Waals surface area contributed by atoms with Crippen LogP contribution in [0.1, 0.15) is 27.7 Å². The molecular weight excluding hydrogens is 392 g/mol. The van der Waals surface area contributed by atoms with Gasteiger partial charge in [0.05, 0.1) is 11.6 Å². The molecule has 6 heteroatoms. The third-order valence-corrected chi connectivity index (χ3v) is 5.48. The Labute approximate surface area is 178 Å². The molecule has 2 aromatic carbocycles. The van der Waals surface area contributed by atoms with Crippen LogP contribution in [0.4, 0.5) is 5.69 Å². The van der Waals surface area contributed by atoms with E-state index in [9.17, 15) is 14.7 Å². The fourth-order valence-corrected chi connectivity index (χ4v) is 4.00. The van der Waals surface area contributed by atoms with Gasteiger partial charge in [0.2, 0.25) is 5.78 Å². The van der Waals surface area contributed by atoms with E-state index in [0.29, 0.717) is 16.8 Å². The number of amides is 1. The number of ketones is 1. The number of nitrogens with zero attached hydrogens (tertiary/aromatic N) is 2. The molecule has 1 atom stereocenters. The zero-order valence-electron chi connectivity index (χ0n) is 16.6. The Bertz CT molecular complexity index is 1320. The van der Waals surface area contributed by atoms with Crippen molar-refractivity contribution in [2.45, 2.75) is 13.0 Å². The fraction of sp³-hybridized carbons (Fsp3) is 0.0800. The molecule has 0 spiro atoms. The van der Waals surface area contributed by atoms with Crippen LogP contribution in [0, 0.1) is 6.92 Å². The van der Waals surface area contributed by atoms with E-state index in [-0.39, 0.29) is 11.3 Å². The predicted octanol–water partition coefficient (Wildman–Crippen LogP) is 4.92. The number of aliphatic hydroxyl groups excluding tert-OH is 1. The van der Waals surface area contributed by atoms with Crippen molar-refractivity contribution in [3.05, 3.63) is 107 Å². The summed E-state index contributed by atoms with van der Waals surface area (Å²) in [5.41, 5.74) is 2.60. The number of aliphatic hydroxyl groups is 1. The van der Waals surface area contributed by atoms with E-state index in [2.05, 4.69) is 4.98 Å². The molecule has 1 unspecified atom stereocenters. The number of hydrogen-bond donors (Lipinski definition) is 1. The molecule has 1 N–H and O–H groups in total. The van der Waals surface area contributed by atoms with E-state index in [1.54, 1.807) is 42.7 Å². The number of para-hydroxylation sites is 2. The quantitative estimate of drug-likeness (QED) is 0.483. The summed E-state index contributed by atoms with van der Waals surface area (Å²) in [7, 11) is 0. The Morgan fingerprint density at radius 1 is 1.06 bits per heavy atom. The Hall–Kier alpha value is -4.19. The molecular formula is C25H18N2O4. The summed E-state index contributed by atoms with van der Waals surface area (Å²) in [5, 5.41) is 11.6. The molecule has 5 rings (SSSR count). The third-order valence-electron chi connectivity index (χ3n) is 5.48. The number of aromatic nitrogens is 1. The van der Waals surface area contributed by atoms with Gasteiger partial charge in [-0.3, -0.25) is 19.5 Å². The van der Waals surface area contributed by atoms with Gasteiger partial charge < -0.3 is 9.52 Å². The first-order chi connectivity index (χ1) is 15.1. The summed E-state index contributed by atoms with van der Waals surface area (Å²) >= 11 is 0. The summed E-state index contributed by atoms with van der Waals surface area (Å²) in [6, 6.07) is 18.9. The number of carbonyl (C=O) groups is 2. The molecule has 0 aliphatic carbocycles. The molecule has 0 fully saturated rings. The molecule has 4 aromatic rings. The van der Waals surface area contributed by atoms with Gasteiger partial charge in [-0.1, -0.05) is 42.5 Å². The number of carbonyl (C=O) groups excluding carboxylic acids is 2. The van der Waals surface area contributed by atoms with Crippen LogP contribution in [-0.2, 0) is 4.79 Å². The third kappa shape index (κ3) is 3.00. The first kappa shape index (κ1) is 18.8. The lowest BCUT2D eigenvalue weighted by molar-refractivity contribution is -0.117. The van der Waals surface area contributed by atoms with E-state index in [1.807, 2.05) is 43.3 Å². The molecule has 0 saturated carbocycles. The number of furan rings is 1. The summed E-state index contributed by atoms with van der Waals surface area (Å²) < 4.78 is 5.73. The second-order valence-electron chi connectivity index (χ2n) is 7.39. The number of anilines is 1. The Balaban J connectivity index is 1.68. The van der Waals surface area contributed by atoms with E-state index in [0.717, 1.165) is 10.9 Å². The van der Waals surface area contributed by atoms with Crippen LogP contribution in [-0.4, -0.2) is 21.8 Å². The average Bonchev–Trinajstić information content (AvgIpc) is 3.34. The van der Waals surface area contributed by atoms with Gasteiger partial charge in [-0.2, -0.15) is 0 Å². The minimum absolute atomic E-state index is 0.0275. The van der Waals surface area contributed by atoms with Crippen LogP contribution in [0.2, 0.25) is 0 Å². The standard InChI is InChI=1S/C25H18N2O4/c1-15-7-2-4-10-18(15)27-22(17-9-6-12-26-14-17)21(24(29)25(27)30)23(28)20-13-16-8-3-5-11-19(16)31-20/h2-14,22,29H,1H3. The number of Topliss-reactive ketones (excluding diaryl/α,β-unsaturated/α-hetero) is 1. The maximum absolute atomic E-state index is 13.5. The number of fused-ring (bicyclic) bond motifs is 1. The maximum Gasteiger partial charge on any atom is 0.294 e. The van der Waals surface area contributed by atoms with Crippen molar-refractivity contribution in [2.24, 2.45) is 0 Å². The first-order valence-corrected chi connectivity index (χ1v) is 9.82. The lowest BCUT2D eigenvalue weighted by atomic mass is 9.95. The number of hydrogen-bond acceptors (Lipinski definition) is 5. The van der Waals surface area contributed by atoms with Crippen LogP contribution in [0.15, 0.2) is 94.9 Å². The minimum atomic E-state index is -0.831. The average molecular weight is 410 g/mol. The van der Waals surface area contributed by atoms with Crippen LogP contribution in [0.3, 0.4) is 0 Å². The molecule has 0 radical (unpaired) electrons. The van der Waals surface area contributed by atoms with Crippen molar-refractivity contribution in [1.29, 1.82) is 0 Å². The van der Waals surface area contributed by atoms with Crippen molar-refractivity contribution in [3.63, 3.8) is 0 Å². The van der Waals surface area contributed by atoms with Crippen molar-refractivity contribution in [3.8, 4) is 0 Å². The van der Waals surface area contributed by atoms with E-state index < -0.39 is 23.5 Å². The largest absolute Gasteiger partial charge is 0.503 e. The highest BCUT2D eigenvalue weighted by Crippen LogP contribution is 2.42. The van der Waals surface area contributed by atoms with Crippen molar-refractivity contribution in [2.75, 3.05) is 4.90 Å². The minimum Gasteiger partial charge on any atom is -0.503 e. The van der Waals surface area contributed by atoms with Gasteiger partial charge in [0.15, 0.2) is 11.5 Å². The van der Waals surface area contributed by atoms with E-state index in [1.165, 1.54) is 4.90 Å². The highest BCUT2D eigenvalue weighted by atomic mass is 16.3. The maximum atomic E-state index is 13.5. The van der Waals surface area contributed by atoms with Gasteiger partial charge in [-0.05, 0) is 42.3 Å². The van der Waals surface area contributed by atoms with Gasteiger partial charge in [-0.25, -0.2) is 0 Å². The Kier molecular flexibility index (Phi) is 4.40. The molecule has 3 heterocycles. The number of benzene rings is 2. The Morgan fingerprint density at radius 3 is 2.58 bits per heavy atom. The first-order valence-electron chi connectivity index (χ1n) is 9.82. The van der Waals surface area contributed by atoms with Gasteiger partial charge >= 0.3 is 0 Å². The van der Waals surface area contributed by atoms with Crippen molar-refractivity contribution in [1.82, 2.24) is 4.98 Å². The van der Waals surface area contributed by atoms with Crippen LogP contribution < -0.4 is 4.90 Å². The molecule has 1 amide bonds. The van der Waals surface area contributed by atoms with Gasteiger partial charge in [0.1, 0.15) is 5.58 Å². The summed E-state index contributed by atoms with van der Waals surface area (Å²) in [6.45, 7) is 1.87. The van der Waals surface area contributed by atoms with Gasteiger partial charge in [-0.15, -0.1) is 0 Å². The summed E-state index contributed by atoms with van der Waals surface area (Å²) in [5.74, 6) is -1.69. The smallest absolute Gasteiger partial charge is 0.294 e. The lowest BCUT2D eigenvalue weighted by Crippen LogP contribution is -2.31. The predicted molar refractivity (Wildman–Crippen MR) is 116 cm³/mol. The molecule has 0 bridgehead atoms. The SMILES string of the molecule is Cc1ccccc1N1C(=O)C(O)=C(C(=O)c2cc3ccccc3o2)C1c1cccnc1. The molecule has 2 aromatic heterocycles. The van der Waals surface area contributed by atoms with Gasteiger partial charge in [0.25, 0.3) is 5.91 Å². The zero-order chi connectivity index (χ0) is 21.5. The van der Waals surface area contributed by atoms with Crippen LogP contribution >= 0.6 is 0 Å². The molecule has 152 valence electrons. The number of rotatable bonds is 4.